The lowest BCUT2D eigenvalue weighted by atomic mass is 10.1. The molecule has 0 unspecified atom stereocenters. The smallest absolute Gasteiger partial charge is 0.261 e. The number of benzene rings is 2. The summed E-state index contributed by atoms with van der Waals surface area (Å²) in [6, 6.07) is 15.0. The summed E-state index contributed by atoms with van der Waals surface area (Å²) in [7, 11) is 0. The summed E-state index contributed by atoms with van der Waals surface area (Å²) in [6.07, 6.45) is 0. The molecule has 0 saturated carbocycles. The van der Waals surface area contributed by atoms with Crippen molar-refractivity contribution in [3.63, 3.8) is 0 Å². The van der Waals surface area contributed by atoms with Gasteiger partial charge in [-0.05, 0) is 43.9 Å². The van der Waals surface area contributed by atoms with Crippen molar-refractivity contribution >= 4 is 11.8 Å². The molecule has 0 heterocycles. The van der Waals surface area contributed by atoms with E-state index < -0.39 is 6.04 Å². The predicted octanol–water partition coefficient (Wildman–Crippen LogP) is 3.87. The van der Waals surface area contributed by atoms with Gasteiger partial charge >= 0.3 is 0 Å². The Labute approximate surface area is 174 Å². The highest BCUT2D eigenvalue weighted by Crippen LogP contribution is 2.17. The van der Waals surface area contributed by atoms with Crippen molar-refractivity contribution in [2.45, 2.75) is 47.2 Å². The summed E-state index contributed by atoms with van der Waals surface area (Å²) in [4.78, 5) is 27.2. The van der Waals surface area contributed by atoms with Crippen molar-refractivity contribution in [3.8, 4) is 5.75 Å². The minimum absolute atomic E-state index is 0.113. The van der Waals surface area contributed by atoms with Crippen LogP contribution >= 0.6 is 0 Å². The van der Waals surface area contributed by atoms with Gasteiger partial charge in [-0.3, -0.25) is 9.59 Å². The van der Waals surface area contributed by atoms with E-state index in [0.717, 1.165) is 16.7 Å². The van der Waals surface area contributed by atoms with Crippen LogP contribution in [0.5, 0.6) is 5.75 Å². The van der Waals surface area contributed by atoms with Crippen LogP contribution in [-0.2, 0) is 16.1 Å². The van der Waals surface area contributed by atoms with Crippen LogP contribution in [0.1, 0.15) is 37.5 Å². The lowest BCUT2D eigenvalue weighted by molar-refractivity contribution is -0.142. The topological polar surface area (TPSA) is 58.6 Å². The maximum atomic E-state index is 13.0. The molecule has 156 valence electrons. The van der Waals surface area contributed by atoms with Gasteiger partial charge in [-0.15, -0.1) is 0 Å². The third kappa shape index (κ3) is 6.93. The van der Waals surface area contributed by atoms with E-state index in [0.29, 0.717) is 24.8 Å². The third-order valence-corrected chi connectivity index (χ3v) is 4.77. The van der Waals surface area contributed by atoms with Gasteiger partial charge < -0.3 is 15.0 Å². The van der Waals surface area contributed by atoms with Crippen molar-refractivity contribution in [1.82, 2.24) is 10.2 Å². The van der Waals surface area contributed by atoms with Gasteiger partial charge in [0.1, 0.15) is 11.8 Å². The van der Waals surface area contributed by atoms with Gasteiger partial charge in [-0.1, -0.05) is 61.9 Å². The van der Waals surface area contributed by atoms with Gasteiger partial charge in [0.15, 0.2) is 6.61 Å². The number of hydrogen-bond donors (Lipinski definition) is 1. The van der Waals surface area contributed by atoms with Gasteiger partial charge in [0.25, 0.3) is 5.91 Å². The van der Waals surface area contributed by atoms with Crippen LogP contribution in [0.2, 0.25) is 0 Å². The molecule has 5 heteroatoms. The molecule has 0 bridgehead atoms. The van der Waals surface area contributed by atoms with E-state index in [1.807, 2.05) is 76.2 Å². The van der Waals surface area contributed by atoms with Crippen molar-refractivity contribution in [3.05, 3.63) is 65.2 Å². The SMILES string of the molecule is Cc1ccc(CN(C(=O)COc2ccccc2C)[C@@H](C)C(=O)NCC(C)C)cc1. The number of hydrogen-bond acceptors (Lipinski definition) is 3. The Morgan fingerprint density at radius 3 is 2.28 bits per heavy atom. The molecule has 1 N–H and O–H groups in total. The lowest BCUT2D eigenvalue weighted by Crippen LogP contribution is -2.49. The summed E-state index contributed by atoms with van der Waals surface area (Å²) in [6.45, 7) is 10.6. The second-order valence-electron chi connectivity index (χ2n) is 7.88. The Morgan fingerprint density at radius 1 is 1.00 bits per heavy atom. The first kappa shape index (κ1) is 22.5. The molecule has 0 spiro atoms. The van der Waals surface area contributed by atoms with Crippen LogP contribution < -0.4 is 10.1 Å². The highest BCUT2D eigenvalue weighted by atomic mass is 16.5. The van der Waals surface area contributed by atoms with Crippen molar-refractivity contribution in [2.75, 3.05) is 13.2 Å². The van der Waals surface area contributed by atoms with Gasteiger partial charge in [0.05, 0.1) is 0 Å². The second kappa shape index (κ2) is 10.6. The maximum Gasteiger partial charge on any atom is 0.261 e. The predicted molar refractivity (Wildman–Crippen MR) is 116 cm³/mol. The molecule has 2 aromatic rings. The molecule has 0 aliphatic carbocycles. The number of nitrogens with one attached hydrogen (secondary N) is 1. The molecule has 2 rings (SSSR count). The fraction of sp³-hybridized carbons (Fsp3) is 0.417. The van der Waals surface area contributed by atoms with Gasteiger partial charge in [-0.25, -0.2) is 0 Å². The standard InChI is InChI=1S/C24H32N2O3/c1-17(2)14-25-24(28)20(5)26(15-21-12-10-18(3)11-13-21)23(27)16-29-22-9-7-6-8-19(22)4/h6-13,17,20H,14-16H2,1-5H3,(H,25,28)/t20-/m0/s1. The van der Waals surface area contributed by atoms with E-state index in [4.69, 9.17) is 4.74 Å². The molecule has 0 aliphatic heterocycles. The normalized spacial score (nSPS) is 11.8. The number of aryl methyl sites for hydroxylation is 2. The average molecular weight is 397 g/mol. The first-order valence-electron chi connectivity index (χ1n) is 10.1. The largest absolute Gasteiger partial charge is 0.484 e. The first-order chi connectivity index (χ1) is 13.8. The highest BCUT2D eigenvalue weighted by Gasteiger charge is 2.26. The summed E-state index contributed by atoms with van der Waals surface area (Å²) in [5.74, 6) is 0.640. The zero-order valence-electron chi connectivity index (χ0n) is 18.1. The average Bonchev–Trinajstić information content (AvgIpc) is 2.70. The monoisotopic (exact) mass is 396 g/mol. The second-order valence-corrected chi connectivity index (χ2v) is 7.88. The van der Waals surface area contributed by atoms with Crippen LogP contribution in [0.3, 0.4) is 0 Å². The van der Waals surface area contributed by atoms with E-state index in [-0.39, 0.29) is 18.4 Å². The Bertz CT molecular complexity index is 815. The molecule has 0 aliphatic rings. The quantitative estimate of drug-likeness (QED) is 0.700. The zero-order chi connectivity index (χ0) is 21.4. The third-order valence-electron chi connectivity index (χ3n) is 4.77. The van der Waals surface area contributed by atoms with Crippen LogP contribution in [-0.4, -0.2) is 35.9 Å². The molecule has 5 nitrogen and oxygen atoms in total. The fourth-order valence-corrected chi connectivity index (χ4v) is 2.87. The molecule has 0 radical (unpaired) electrons. The van der Waals surface area contributed by atoms with E-state index in [1.54, 1.807) is 11.8 Å². The Hall–Kier alpha value is -2.82. The van der Waals surface area contributed by atoms with Crippen molar-refractivity contribution in [2.24, 2.45) is 5.92 Å². The van der Waals surface area contributed by atoms with Crippen LogP contribution in [0.15, 0.2) is 48.5 Å². The number of rotatable bonds is 9. The number of nitrogens with zero attached hydrogens (tertiary/aromatic N) is 1. The minimum atomic E-state index is -0.594. The van der Waals surface area contributed by atoms with Gasteiger partial charge in [0.2, 0.25) is 5.91 Å². The minimum Gasteiger partial charge on any atom is -0.484 e. The molecular weight excluding hydrogens is 364 g/mol. The summed E-state index contributed by atoms with van der Waals surface area (Å²) < 4.78 is 5.74. The Balaban J connectivity index is 2.13. The first-order valence-corrected chi connectivity index (χ1v) is 10.1. The van der Waals surface area contributed by atoms with Gasteiger partial charge in [0, 0.05) is 13.1 Å². The summed E-state index contributed by atoms with van der Waals surface area (Å²) in [5.41, 5.74) is 3.09. The molecular formula is C24H32N2O3. The molecule has 2 aromatic carbocycles. The van der Waals surface area contributed by atoms with Crippen LogP contribution in [0, 0.1) is 19.8 Å². The molecule has 0 aromatic heterocycles. The Kier molecular flexibility index (Phi) is 8.25. The number of ether oxygens (including phenoxy) is 1. The summed E-state index contributed by atoms with van der Waals surface area (Å²) in [5, 5.41) is 2.92. The summed E-state index contributed by atoms with van der Waals surface area (Å²) >= 11 is 0. The van der Waals surface area contributed by atoms with E-state index in [2.05, 4.69) is 5.32 Å². The fourth-order valence-electron chi connectivity index (χ4n) is 2.87. The molecule has 29 heavy (non-hydrogen) atoms. The Morgan fingerprint density at radius 2 is 1.66 bits per heavy atom. The zero-order valence-corrected chi connectivity index (χ0v) is 18.1. The molecule has 0 fully saturated rings. The van der Waals surface area contributed by atoms with Crippen LogP contribution in [0.25, 0.3) is 0 Å². The molecule has 2 amide bonds. The van der Waals surface area contributed by atoms with Gasteiger partial charge in [-0.2, -0.15) is 0 Å². The van der Waals surface area contributed by atoms with Crippen LogP contribution in [0.4, 0.5) is 0 Å². The number of amides is 2. The van der Waals surface area contributed by atoms with E-state index in [1.165, 1.54) is 0 Å². The molecule has 0 saturated heterocycles. The van der Waals surface area contributed by atoms with Crippen molar-refractivity contribution < 1.29 is 14.3 Å². The number of carbonyl (C=O) groups is 2. The van der Waals surface area contributed by atoms with Crippen molar-refractivity contribution in [1.29, 1.82) is 0 Å². The number of para-hydroxylation sites is 1. The number of carbonyl (C=O) groups excluding carboxylic acids is 2. The maximum absolute atomic E-state index is 13.0. The van der Waals surface area contributed by atoms with E-state index in [9.17, 15) is 9.59 Å². The van der Waals surface area contributed by atoms with E-state index >= 15 is 0 Å². The lowest BCUT2D eigenvalue weighted by Gasteiger charge is -2.29. The highest BCUT2D eigenvalue weighted by molar-refractivity contribution is 5.88. The molecule has 1 atom stereocenters.